The van der Waals surface area contributed by atoms with E-state index in [9.17, 15) is 4.79 Å². The lowest BCUT2D eigenvalue weighted by atomic mass is 10.2. The number of fused-ring (bicyclic) bond motifs is 3. The third-order valence-corrected chi connectivity index (χ3v) is 5.66. The Morgan fingerprint density at radius 2 is 2.08 bits per heavy atom. The smallest absolute Gasteiger partial charge is 0.262 e. The zero-order valence-electron chi connectivity index (χ0n) is 12.7. The molecule has 5 nitrogen and oxygen atoms in total. The van der Waals surface area contributed by atoms with Crippen molar-refractivity contribution in [2.45, 2.75) is 19.3 Å². The van der Waals surface area contributed by atoms with Crippen LogP contribution in [0.3, 0.4) is 0 Å². The Balaban J connectivity index is 1.48. The minimum atomic E-state index is -0.212. The fourth-order valence-corrected chi connectivity index (χ4v) is 4.36. The van der Waals surface area contributed by atoms with Gasteiger partial charge < -0.3 is 10.1 Å². The van der Waals surface area contributed by atoms with Crippen LogP contribution < -0.4 is 10.1 Å². The van der Waals surface area contributed by atoms with Crippen molar-refractivity contribution < 1.29 is 9.53 Å². The lowest BCUT2D eigenvalue weighted by molar-refractivity contribution is -0.118. The van der Waals surface area contributed by atoms with Gasteiger partial charge in [0.2, 0.25) is 5.88 Å². The van der Waals surface area contributed by atoms with Gasteiger partial charge in [0.05, 0.1) is 5.39 Å². The molecule has 1 aliphatic rings. The number of aromatic nitrogens is 2. The van der Waals surface area contributed by atoms with Crippen LogP contribution in [0.1, 0.15) is 16.9 Å². The normalized spacial score (nSPS) is 13.0. The number of thiophene rings is 1. The molecule has 3 aromatic rings. The molecular formula is C17H14BrN3O2S. The van der Waals surface area contributed by atoms with Gasteiger partial charge in [-0.25, -0.2) is 9.97 Å². The number of amides is 1. The lowest BCUT2D eigenvalue weighted by Gasteiger charge is -2.08. The van der Waals surface area contributed by atoms with E-state index in [1.807, 2.05) is 24.3 Å². The second kappa shape index (κ2) is 6.49. The highest BCUT2D eigenvalue weighted by Gasteiger charge is 2.22. The van der Waals surface area contributed by atoms with E-state index in [2.05, 4.69) is 31.2 Å². The molecule has 0 saturated heterocycles. The van der Waals surface area contributed by atoms with Gasteiger partial charge in [0.15, 0.2) is 6.61 Å². The van der Waals surface area contributed by atoms with Gasteiger partial charge in [-0.15, -0.1) is 11.3 Å². The summed E-state index contributed by atoms with van der Waals surface area (Å²) in [5.41, 5.74) is 2.02. The summed E-state index contributed by atoms with van der Waals surface area (Å²) in [6, 6.07) is 7.41. The van der Waals surface area contributed by atoms with Crippen LogP contribution in [0.25, 0.3) is 10.2 Å². The Bertz CT molecular complexity index is 908. The molecule has 0 spiro atoms. The van der Waals surface area contributed by atoms with E-state index < -0.39 is 0 Å². The van der Waals surface area contributed by atoms with Crippen molar-refractivity contribution in [2.24, 2.45) is 0 Å². The van der Waals surface area contributed by atoms with E-state index in [1.54, 1.807) is 11.3 Å². The molecule has 1 aromatic carbocycles. The highest BCUT2D eigenvalue weighted by atomic mass is 79.9. The minimum absolute atomic E-state index is 0.0766. The molecule has 0 bridgehead atoms. The number of aryl methyl sites for hydroxylation is 2. The predicted molar refractivity (Wildman–Crippen MR) is 97.7 cm³/mol. The van der Waals surface area contributed by atoms with Gasteiger partial charge in [-0.05, 0) is 49.1 Å². The van der Waals surface area contributed by atoms with E-state index >= 15 is 0 Å². The molecule has 24 heavy (non-hydrogen) atoms. The van der Waals surface area contributed by atoms with E-state index in [0.29, 0.717) is 5.88 Å². The van der Waals surface area contributed by atoms with Crippen LogP contribution in [0.4, 0.5) is 5.69 Å². The van der Waals surface area contributed by atoms with E-state index in [4.69, 9.17) is 4.74 Å². The highest BCUT2D eigenvalue weighted by Crippen LogP contribution is 2.39. The molecule has 0 atom stereocenters. The first-order valence-corrected chi connectivity index (χ1v) is 9.25. The molecule has 2 aromatic heterocycles. The molecule has 1 aliphatic carbocycles. The minimum Gasteiger partial charge on any atom is -0.467 e. The number of ether oxygens (including phenoxy) is 1. The molecule has 2 heterocycles. The third kappa shape index (κ3) is 3.01. The monoisotopic (exact) mass is 403 g/mol. The second-order valence-corrected chi connectivity index (χ2v) is 7.56. The lowest BCUT2D eigenvalue weighted by Crippen LogP contribution is -2.20. The van der Waals surface area contributed by atoms with Crippen LogP contribution in [0.5, 0.6) is 5.88 Å². The van der Waals surface area contributed by atoms with Gasteiger partial charge >= 0.3 is 0 Å². The van der Waals surface area contributed by atoms with Crippen molar-refractivity contribution in [1.29, 1.82) is 0 Å². The number of nitrogens with one attached hydrogen (secondary N) is 1. The summed E-state index contributed by atoms with van der Waals surface area (Å²) in [6.45, 7) is -0.0766. The highest BCUT2D eigenvalue weighted by molar-refractivity contribution is 9.10. The number of benzene rings is 1. The summed E-state index contributed by atoms with van der Waals surface area (Å²) in [7, 11) is 0. The first-order chi connectivity index (χ1) is 11.7. The SMILES string of the molecule is O=C(COc1ncnc2sc3c(c12)CCC3)Nc1ccc(Br)cc1. The van der Waals surface area contributed by atoms with Crippen molar-refractivity contribution in [1.82, 2.24) is 9.97 Å². The van der Waals surface area contributed by atoms with Crippen molar-refractivity contribution in [3.8, 4) is 5.88 Å². The zero-order valence-corrected chi connectivity index (χ0v) is 15.1. The van der Waals surface area contributed by atoms with Crippen LogP contribution in [-0.4, -0.2) is 22.5 Å². The van der Waals surface area contributed by atoms with Gasteiger partial charge in [-0.1, -0.05) is 15.9 Å². The fourth-order valence-electron chi connectivity index (χ4n) is 2.87. The number of hydrogen-bond acceptors (Lipinski definition) is 5. The van der Waals surface area contributed by atoms with Crippen LogP contribution in [0.2, 0.25) is 0 Å². The molecule has 4 rings (SSSR count). The van der Waals surface area contributed by atoms with Crippen LogP contribution >= 0.6 is 27.3 Å². The molecule has 122 valence electrons. The van der Waals surface area contributed by atoms with Gasteiger partial charge in [0, 0.05) is 15.0 Å². The first kappa shape index (κ1) is 15.5. The molecule has 0 fully saturated rings. The number of anilines is 1. The third-order valence-electron chi connectivity index (χ3n) is 3.93. The molecule has 0 unspecified atom stereocenters. The Kier molecular flexibility index (Phi) is 4.20. The maximum Gasteiger partial charge on any atom is 0.262 e. The topological polar surface area (TPSA) is 64.1 Å². The largest absolute Gasteiger partial charge is 0.467 e. The number of rotatable bonds is 4. The van der Waals surface area contributed by atoms with Crippen molar-refractivity contribution in [3.63, 3.8) is 0 Å². The maximum absolute atomic E-state index is 12.1. The second-order valence-electron chi connectivity index (χ2n) is 5.56. The number of nitrogens with zero attached hydrogens (tertiary/aromatic N) is 2. The van der Waals surface area contributed by atoms with Crippen LogP contribution in [0, 0.1) is 0 Å². The van der Waals surface area contributed by atoms with E-state index in [1.165, 1.54) is 16.8 Å². The summed E-state index contributed by atoms with van der Waals surface area (Å²) in [5, 5.41) is 3.79. The molecular weight excluding hydrogens is 390 g/mol. The van der Waals surface area contributed by atoms with Crippen molar-refractivity contribution in [3.05, 3.63) is 45.5 Å². The molecule has 0 aliphatic heterocycles. The van der Waals surface area contributed by atoms with Crippen LogP contribution in [0.15, 0.2) is 35.1 Å². The number of halogens is 1. The number of carbonyl (C=O) groups excluding carboxylic acids is 1. The van der Waals surface area contributed by atoms with Gasteiger partial charge in [-0.2, -0.15) is 0 Å². The Labute approximate surface area is 151 Å². The van der Waals surface area contributed by atoms with Gasteiger partial charge in [0.1, 0.15) is 11.2 Å². The Hall–Kier alpha value is -1.99. The van der Waals surface area contributed by atoms with Crippen molar-refractivity contribution >= 4 is 49.1 Å². The summed E-state index contributed by atoms with van der Waals surface area (Å²) in [6.07, 6.45) is 4.79. The zero-order chi connectivity index (χ0) is 16.5. The number of hydrogen-bond donors (Lipinski definition) is 1. The van der Waals surface area contributed by atoms with Crippen molar-refractivity contribution in [2.75, 3.05) is 11.9 Å². The standard InChI is InChI=1S/C17H14BrN3O2S/c18-10-4-6-11(7-5-10)21-14(22)8-23-16-15-12-2-1-3-13(12)24-17(15)20-9-19-16/h4-7,9H,1-3,8H2,(H,21,22). The average molecular weight is 404 g/mol. The summed E-state index contributed by atoms with van der Waals surface area (Å²) < 4.78 is 6.66. The molecule has 1 N–H and O–H groups in total. The predicted octanol–water partition coefficient (Wildman–Crippen LogP) is 3.96. The first-order valence-electron chi connectivity index (χ1n) is 7.64. The quantitative estimate of drug-likeness (QED) is 0.715. The van der Waals surface area contributed by atoms with E-state index in [0.717, 1.165) is 39.6 Å². The summed E-state index contributed by atoms with van der Waals surface area (Å²) >= 11 is 5.07. The molecule has 7 heteroatoms. The molecule has 1 amide bonds. The Morgan fingerprint density at radius 1 is 1.25 bits per heavy atom. The number of carbonyl (C=O) groups is 1. The fraction of sp³-hybridized carbons (Fsp3) is 0.235. The Morgan fingerprint density at radius 3 is 2.92 bits per heavy atom. The average Bonchev–Trinajstić information content (AvgIpc) is 3.16. The van der Waals surface area contributed by atoms with E-state index in [-0.39, 0.29) is 12.5 Å². The summed E-state index contributed by atoms with van der Waals surface area (Å²) in [4.78, 5) is 23.0. The molecule has 0 radical (unpaired) electrons. The van der Waals surface area contributed by atoms with Gasteiger partial charge in [0.25, 0.3) is 5.91 Å². The molecule has 0 saturated carbocycles. The summed E-state index contributed by atoms with van der Waals surface area (Å²) in [5.74, 6) is 0.293. The van der Waals surface area contributed by atoms with Gasteiger partial charge in [-0.3, -0.25) is 4.79 Å². The maximum atomic E-state index is 12.1. The van der Waals surface area contributed by atoms with Crippen LogP contribution in [-0.2, 0) is 17.6 Å².